The Hall–Kier alpha value is -0.820. The Morgan fingerprint density at radius 1 is 1.06 bits per heavy atom. The molecule has 0 bridgehead atoms. The highest BCUT2D eigenvalue weighted by Gasteiger charge is 2.29. The van der Waals surface area contributed by atoms with Gasteiger partial charge in [0.05, 0.1) is 0 Å². The molecule has 2 aliphatic carbocycles. The van der Waals surface area contributed by atoms with E-state index in [0.717, 1.165) is 11.8 Å². The molecule has 2 aliphatic rings. The summed E-state index contributed by atoms with van der Waals surface area (Å²) in [5.41, 5.74) is 9.43. The lowest BCUT2D eigenvalue weighted by atomic mass is 9.77. The van der Waals surface area contributed by atoms with Crippen LogP contribution < -0.4 is 5.73 Å². The average Bonchev–Trinajstić information content (AvgIpc) is 2.76. The van der Waals surface area contributed by atoms with Crippen LogP contribution in [0.3, 0.4) is 0 Å². The number of rotatable bonds is 2. The second-order valence-electron chi connectivity index (χ2n) is 5.88. The Morgan fingerprint density at radius 3 is 2.76 bits per heavy atom. The topological polar surface area (TPSA) is 26.0 Å². The first-order chi connectivity index (χ1) is 8.34. The van der Waals surface area contributed by atoms with Crippen molar-refractivity contribution in [2.75, 3.05) is 0 Å². The molecule has 1 heteroatoms. The van der Waals surface area contributed by atoms with Crippen molar-refractivity contribution in [3.8, 4) is 0 Å². The lowest BCUT2D eigenvalue weighted by Gasteiger charge is -2.29. The number of hydrogen-bond acceptors (Lipinski definition) is 1. The van der Waals surface area contributed by atoms with Crippen LogP contribution in [0, 0.1) is 5.92 Å². The van der Waals surface area contributed by atoms with Gasteiger partial charge in [0.2, 0.25) is 0 Å². The van der Waals surface area contributed by atoms with Crippen molar-refractivity contribution >= 4 is 0 Å². The van der Waals surface area contributed by atoms with E-state index in [1.165, 1.54) is 44.9 Å². The molecule has 17 heavy (non-hydrogen) atoms. The Labute approximate surface area is 104 Å². The molecule has 3 atom stereocenters. The molecule has 0 aromatic heterocycles. The Kier molecular flexibility index (Phi) is 3.19. The lowest BCUT2D eigenvalue weighted by molar-refractivity contribution is 0.379. The highest BCUT2D eigenvalue weighted by atomic mass is 14.7. The summed E-state index contributed by atoms with van der Waals surface area (Å²) in [5, 5.41) is 0. The van der Waals surface area contributed by atoms with Crippen LogP contribution in [-0.2, 0) is 6.42 Å². The zero-order chi connectivity index (χ0) is 11.7. The third-order valence-corrected chi connectivity index (χ3v) is 4.80. The molecule has 92 valence electrons. The molecule has 1 saturated carbocycles. The van der Waals surface area contributed by atoms with Crippen LogP contribution in [0.25, 0.3) is 0 Å². The molecule has 0 spiro atoms. The maximum Gasteiger partial charge on any atom is 0.00673 e. The van der Waals surface area contributed by atoms with Crippen LogP contribution >= 0.6 is 0 Å². The van der Waals surface area contributed by atoms with E-state index < -0.39 is 0 Å². The SMILES string of the molecule is NC1CCCC1CC1CCCc2ccccc21. The van der Waals surface area contributed by atoms with Crippen molar-refractivity contribution in [2.45, 2.75) is 56.9 Å². The van der Waals surface area contributed by atoms with Crippen molar-refractivity contribution in [3.63, 3.8) is 0 Å². The van der Waals surface area contributed by atoms with Crippen LogP contribution in [0.2, 0.25) is 0 Å². The molecule has 3 rings (SSSR count). The molecule has 1 aromatic carbocycles. The number of aryl methyl sites for hydroxylation is 1. The normalized spacial score (nSPS) is 32.4. The number of nitrogens with two attached hydrogens (primary N) is 1. The van der Waals surface area contributed by atoms with Crippen molar-refractivity contribution in [2.24, 2.45) is 11.7 Å². The summed E-state index contributed by atoms with van der Waals surface area (Å²) in [6, 6.07) is 9.52. The largest absolute Gasteiger partial charge is 0.327 e. The van der Waals surface area contributed by atoms with Gasteiger partial charge in [-0.3, -0.25) is 0 Å². The standard InChI is InChI=1S/C16H23N/c17-16-10-4-8-14(16)11-13-7-3-6-12-5-1-2-9-15(12)13/h1-2,5,9,13-14,16H,3-4,6-8,10-11,17H2. The smallest absolute Gasteiger partial charge is 0.00673 e. The highest BCUT2D eigenvalue weighted by Crippen LogP contribution is 2.39. The van der Waals surface area contributed by atoms with Gasteiger partial charge >= 0.3 is 0 Å². The fraction of sp³-hybridized carbons (Fsp3) is 0.625. The van der Waals surface area contributed by atoms with E-state index in [0.29, 0.717) is 6.04 Å². The minimum absolute atomic E-state index is 0.476. The molecular formula is C16H23N. The summed E-state index contributed by atoms with van der Waals surface area (Å²) >= 11 is 0. The molecule has 1 fully saturated rings. The van der Waals surface area contributed by atoms with E-state index in [-0.39, 0.29) is 0 Å². The van der Waals surface area contributed by atoms with E-state index in [4.69, 9.17) is 5.73 Å². The summed E-state index contributed by atoms with van der Waals surface area (Å²) in [4.78, 5) is 0. The maximum atomic E-state index is 6.22. The second kappa shape index (κ2) is 4.81. The number of benzene rings is 1. The predicted octanol–water partition coefficient (Wildman–Crippen LogP) is 3.62. The van der Waals surface area contributed by atoms with Gasteiger partial charge in [-0.2, -0.15) is 0 Å². The van der Waals surface area contributed by atoms with Crippen LogP contribution in [0.5, 0.6) is 0 Å². The first-order valence-electron chi connectivity index (χ1n) is 7.18. The molecule has 1 nitrogen and oxygen atoms in total. The molecule has 0 amide bonds. The summed E-state index contributed by atoms with van der Waals surface area (Å²) in [6.07, 6.45) is 9.31. The van der Waals surface area contributed by atoms with Gasteiger partial charge in [0, 0.05) is 6.04 Å². The van der Waals surface area contributed by atoms with E-state index >= 15 is 0 Å². The number of hydrogen-bond donors (Lipinski definition) is 1. The van der Waals surface area contributed by atoms with Crippen molar-refractivity contribution in [1.29, 1.82) is 0 Å². The third kappa shape index (κ3) is 2.26. The van der Waals surface area contributed by atoms with Crippen LogP contribution in [0.15, 0.2) is 24.3 Å². The van der Waals surface area contributed by atoms with Gasteiger partial charge in [-0.05, 0) is 61.5 Å². The second-order valence-corrected chi connectivity index (χ2v) is 5.88. The lowest BCUT2D eigenvalue weighted by Crippen LogP contribution is -2.26. The van der Waals surface area contributed by atoms with Gasteiger partial charge in [0.15, 0.2) is 0 Å². The fourth-order valence-electron chi connectivity index (χ4n) is 3.82. The van der Waals surface area contributed by atoms with Crippen LogP contribution in [-0.4, -0.2) is 6.04 Å². The summed E-state index contributed by atoms with van der Waals surface area (Å²) in [6.45, 7) is 0. The van der Waals surface area contributed by atoms with E-state index in [1.807, 2.05) is 0 Å². The number of fused-ring (bicyclic) bond motifs is 1. The Morgan fingerprint density at radius 2 is 1.94 bits per heavy atom. The van der Waals surface area contributed by atoms with E-state index in [1.54, 1.807) is 11.1 Å². The van der Waals surface area contributed by atoms with E-state index in [2.05, 4.69) is 24.3 Å². The van der Waals surface area contributed by atoms with E-state index in [9.17, 15) is 0 Å². The molecule has 0 aliphatic heterocycles. The zero-order valence-electron chi connectivity index (χ0n) is 10.6. The van der Waals surface area contributed by atoms with Crippen molar-refractivity contribution in [3.05, 3.63) is 35.4 Å². The van der Waals surface area contributed by atoms with Crippen molar-refractivity contribution in [1.82, 2.24) is 0 Å². The van der Waals surface area contributed by atoms with Gasteiger partial charge in [-0.1, -0.05) is 30.7 Å². The molecule has 1 aromatic rings. The first kappa shape index (κ1) is 11.3. The average molecular weight is 229 g/mol. The maximum absolute atomic E-state index is 6.22. The molecule has 3 unspecified atom stereocenters. The summed E-state index contributed by atoms with van der Waals surface area (Å²) < 4.78 is 0. The predicted molar refractivity (Wildman–Crippen MR) is 72.1 cm³/mol. The zero-order valence-corrected chi connectivity index (χ0v) is 10.6. The van der Waals surface area contributed by atoms with Gasteiger partial charge < -0.3 is 5.73 Å². The Bertz CT molecular complexity index is 385. The molecule has 0 heterocycles. The minimum atomic E-state index is 0.476. The van der Waals surface area contributed by atoms with Crippen LogP contribution in [0.1, 0.15) is 55.6 Å². The first-order valence-corrected chi connectivity index (χ1v) is 7.18. The summed E-state index contributed by atoms with van der Waals surface area (Å²) in [5.74, 6) is 1.57. The van der Waals surface area contributed by atoms with Gasteiger partial charge in [-0.25, -0.2) is 0 Å². The minimum Gasteiger partial charge on any atom is -0.327 e. The molecule has 0 radical (unpaired) electrons. The van der Waals surface area contributed by atoms with Crippen LogP contribution in [0.4, 0.5) is 0 Å². The quantitative estimate of drug-likeness (QED) is 0.823. The third-order valence-electron chi connectivity index (χ3n) is 4.80. The van der Waals surface area contributed by atoms with Gasteiger partial charge in [0.25, 0.3) is 0 Å². The fourth-order valence-corrected chi connectivity index (χ4v) is 3.82. The Balaban J connectivity index is 1.76. The van der Waals surface area contributed by atoms with Gasteiger partial charge in [0.1, 0.15) is 0 Å². The molecule has 2 N–H and O–H groups in total. The van der Waals surface area contributed by atoms with Gasteiger partial charge in [-0.15, -0.1) is 0 Å². The monoisotopic (exact) mass is 229 g/mol. The summed E-state index contributed by atoms with van der Waals surface area (Å²) in [7, 11) is 0. The highest BCUT2D eigenvalue weighted by molar-refractivity contribution is 5.32. The van der Waals surface area contributed by atoms with Crippen molar-refractivity contribution < 1.29 is 0 Å². The molecular weight excluding hydrogens is 206 g/mol. The molecule has 0 saturated heterocycles.